The lowest BCUT2D eigenvalue weighted by atomic mass is 9.86. The summed E-state index contributed by atoms with van der Waals surface area (Å²) in [5.74, 6) is 0.646. The van der Waals surface area contributed by atoms with Crippen molar-refractivity contribution in [2.24, 2.45) is 5.92 Å². The smallest absolute Gasteiger partial charge is 0.0594 e. The van der Waals surface area contributed by atoms with Crippen LogP contribution in [0.4, 0.5) is 5.69 Å². The molecule has 0 aliphatic carbocycles. The number of ether oxygens (including phenoxy) is 1. The summed E-state index contributed by atoms with van der Waals surface area (Å²) < 4.78 is 5.50. The Morgan fingerprint density at radius 1 is 1.16 bits per heavy atom. The second-order valence-electron chi connectivity index (χ2n) is 5.98. The molecule has 2 unspecified atom stereocenters. The lowest BCUT2D eigenvalue weighted by Gasteiger charge is -2.42. The number of benzene rings is 1. The van der Waals surface area contributed by atoms with Crippen molar-refractivity contribution >= 4 is 5.69 Å². The molecule has 19 heavy (non-hydrogen) atoms. The van der Waals surface area contributed by atoms with Crippen molar-refractivity contribution in [1.82, 2.24) is 4.90 Å². The maximum atomic E-state index is 5.50. The highest BCUT2D eigenvalue weighted by atomic mass is 16.5. The lowest BCUT2D eigenvalue weighted by molar-refractivity contribution is 0.00418. The van der Waals surface area contributed by atoms with Gasteiger partial charge < -0.3 is 10.1 Å². The van der Waals surface area contributed by atoms with Crippen molar-refractivity contribution < 1.29 is 4.74 Å². The zero-order valence-electron chi connectivity index (χ0n) is 12.2. The third-order valence-electron chi connectivity index (χ3n) is 4.58. The number of hydrogen-bond acceptors (Lipinski definition) is 3. The van der Waals surface area contributed by atoms with Gasteiger partial charge in [-0.15, -0.1) is 0 Å². The van der Waals surface area contributed by atoms with Crippen molar-refractivity contribution in [3.8, 4) is 0 Å². The van der Waals surface area contributed by atoms with E-state index in [4.69, 9.17) is 4.74 Å². The first kappa shape index (κ1) is 12.9. The number of anilines is 1. The number of nitrogens with zero attached hydrogens (tertiary/aromatic N) is 1. The second-order valence-corrected chi connectivity index (χ2v) is 5.98. The Bertz CT molecular complexity index is 466. The van der Waals surface area contributed by atoms with E-state index in [0.717, 1.165) is 32.8 Å². The Morgan fingerprint density at radius 3 is 2.58 bits per heavy atom. The van der Waals surface area contributed by atoms with E-state index in [1.54, 1.807) is 0 Å². The van der Waals surface area contributed by atoms with E-state index in [-0.39, 0.29) is 0 Å². The number of aryl methyl sites for hydroxylation is 2. The van der Waals surface area contributed by atoms with E-state index in [1.807, 2.05) is 0 Å². The first-order valence-corrected chi connectivity index (χ1v) is 7.33. The van der Waals surface area contributed by atoms with E-state index < -0.39 is 0 Å². The Hall–Kier alpha value is -1.06. The van der Waals surface area contributed by atoms with E-state index in [1.165, 1.54) is 22.4 Å². The van der Waals surface area contributed by atoms with Crippen LogP contribution in [-0.2, 0) is 4.74 Å². The molecule has 0 aromatic heterocycles. The molecule has 1 aromatic rings. The summed E-state index contributed by atoms with van der Waals surface area (Å²) in [5.41, 5.74) is 5.58. The quantitative estimate of drug-likeness (QED) is 0.840. The number of fused-ring (bicyclic) bond motifs is 1. The third kappa shape index (κ3) is 2.37. The monoisotopic (exact) mass is 260 g/mol. The molecule has 1 fully saturated rings. The van der Waals surface area contributed by atoms with Crippen LogP contribution in [0.5, 0.6) is 0 Å². The normalized spacial score (nSPS) is 27.7. The Balaban J connectivity index is 1.98. The van der Waals surface area contributed by atoms with Crippen LogP contribution in [-0.4, -0.2) is 37.7 Å². The molecule has 3 heteroatoms. The minimum atomic E-state index is 0.541. The molecular formula is C16H24N2O. The van der Waals surface area contributed by atoms with Crippen LogP contribution in [0, 0.1) is 19.8 Å². The van der Waals surface area contributed by atoms with Gasteiger partial charge in [0.15, 0.2) is 0 Å². The molecule has 3 nitrogen and oxygen atoms in total. The van der Waals surface area contributed by atoms with Crippen molar-refractivity contribution in [1.29, 1.82) is 0 Å². The van der Waals surface area contributed by atoms with Crippen molar-refractivity contribution in [3.63, 3.8) is 0 Å². The van der Waals surface area contributed by atoms with Gasteiger partial charge >= 0.3 is 0 Å². The number of rotatable bonds is 1. The van der Waals surface area contributed by atoms with Crippen LogP contribution in [0.1, 0.15) is 29.7 Å². The molecule has 2 aliphatic rings. The van der Waals surface area contributed by atoms with Gasteiger partial charge in [-0.05, 0) is 42.5 Å². The molecule has 1 aromatic carbocycles. The summed E-state index contributed by atoms with van der Waals surface area (Å²) in [6.45, 7) is 11.7. The molecule has 1 saturated heterocycles. The van der Waals surface area contributed by atoms with Crippen LogP contribution < -0.4 is 5.32 Å². The fourth-order valence-corrected chi connectivity index (χ4v) is 3.34. The lowest BCUT2D eigenvalue weighted by Crippen LogP contribution is -2.44. The Labute approximate surface area is 115 Å². The van der Waals surface area contributed by atoms with Gasteiger partial charge in [0.25, 0.3) is 0 Å². The summed E-state index contributed by atoms with van der Waals surface area (Å²) in [4.78, 5) is 2.60. The zero-order valence-corrected chi connectivity index (χ0v) is 12.2. The Morgan fingerprint density at radius 2 is 1.84 bits per heavy atom. The minimum absolute atomic E-state index is 0.541. The Kier molecular flexibility index (Phi) is 3.50. The molecule has 0 bridgehead atoms. The van der Waals surface area contributed by atoms with E-state index in [9.17, 15) is 0 Å². The molecule has 0 saturated carbocycles. The third-order valence-corrected chi connectivity index (χ3v) is 4.58. The number of hydrogen-bond donors (Lipinski definition) is 1. The molecular weight excluding hydrogens is 236 g/mol. The first-order chi connectivity index (χ1) is 9.16. The van der Waals surface area contributed by atoms with Crippen molar-refractivity contribution in [3.05, 3.63) is 28.8 Å². The zero-order chi connectivity index (χ0) is 13.4. The maximum absolute atomic E-state index is 5.50. The predicted octanol–water partition coefficient (Wildman–Crippen LogP) is 2.74. The van der Waals surface area contributed by atoms with Crippen LogP contribution >= 0.6 is 0 Å². The minimum Gasteiger partial charge on any atom is -0.384 e. The van der Waals surface area contributed by atoms with Gasteiger partial charge in [-0.3, -0.25) is 4.90 Å². The molecule has 104 valence electrons. The van der Waals surface area contributed by atoms with Gasteiger partial charge in [-0.25, -0.2) is 0 Å². The molecule has 1 N–H and O–H groups in total. The van der Waals surface area contributed by atoms with Crippen LogP contribution in [0.15, 0.2) is 12.1 Å². The maximum Gasteiger partial charge on any atom is 0.0594 e. The fraction of sp³-hybridized carbons (Fsp3) is 0.625. The second kappa shape index (κ2) is 5.14. The van der Waals surface area contributed by atoms with Crippen molar-refractivity contribution in [2.45, 2.75) is 26.8 Å². The van der Waals surface area contributed by atoms with Gasteiger partial charge in [-0.2, -0.15) is 0 Å². The van der Waals surface area contributed by atoms with Crippen LogP contribution in [0.3, 0.4) is 0 Å². The average Bonchev–Trinajstić information content (AvgIpc) is 2.42. The summed E-state index contributed by atoms with van der Waals surface area (Å²) in [5, 5.41) is 3.59. The standard InChI is InChI=1S/C16H24N2O/c1-11-8-14-15(9-12(11)2)17-10-13(3)16(14)18-4-6-19-7-5-18/h8-9,13,16-17H,4-7,10H2,1-3H3. The van der Waals surface area contributed by atoms with Crippen LogP contribution in [0.25, 0.3) is 0 Å². The molecule has 0 radical (unpaired) electrons. The van der Waals surface area contributed by atoms with E-state index in [0.29, 0.717) is 12.0 Å². The summed E-state index contributed by atoms with van der Waals surface area (Å²) >= 11 is 0. The topological polar surface area (TPSA) is 24.5 Å². The van der Waals surface area contributed by atoms with Gasteiger partial charge in [0, 0.05) is 31.4 Å². The number of nitrogens with one attached hydrogen (secondary N) is 1. The molecule has 3 rings (SSSR count). The SMILES string of the molecule is Cc1cc2c(cc1C)C(N1CCOCC1)C(C)CN2. The average molecular weight is 260 g/mol. The van der Waals surface area contributed by atoms with E-state index >= 15 is 0 Å². The molecule has 0 spiro atoms. The highest BCUT2D eigenvalue weighted by molar-refractivity contribution is 5.58. The molecule has 2 heterocycles. The summed E-state index contributed by atoms with van der Waals surface area (Å²) in [7, 11) is 0. The summed E-state index contributed by atoms with van der Waals surface area (Å²) in [6, 6.07) is 5.23. The van der Waals surface area contributed by atoms with Gasteiger partial charge in [0.1, 0.15) is 0 Å². The first-order valence-electron chi connectivity index (χ1n) is 7.33. The van der Waals surface area contributed by atoms with E-state index in [2.05, 4.69) is 43.1 Å². The predicted molar refractivity (Wildman–Crippen MR) is 78.7 cm³/mol. The highest BCUT2D eigenvalue weighted by Gasteiger charge is 2.32. The summed E-state index contributed by atoms with van der Waals surface area (Å²) in [6.07, 6.45) is 0. The molecule has 2 aliphatic heterocycles. The number of morpholine rings is 1. The molecule has 0 amide bonds. The largest absolute Gasteiger partial charge is 0.384 e. The molecule has 2 atom stereocenters. The highest BCUT2D eigenvalue weighted by Crippen LogP contribution is 2.39. The van der Waals surface area contributed by atoms with Crippen molar-refractivity contribution in [2.75, 3.05) is 38.2 Å². The van der Waals surface area contributed by atoms with Gasteiger partial charge in [-0.1, -0.05) is 13.0 Å². The van der Waals surface area contributed by atoms with Crippen LogP contribution in [0.2, 0.25) is 0 Å². The van der Waals surface area contributed by atoms with Gasteiger partial charge in [0.05, 0.1) is 13.2 Å². The van der Waals surface area contributed by atoms with Gasteiger partial charge in [0.2, 0.25) is 0 Å². The fourth-order valence-electron chi connectivity index (χ4n) is 3.34.